The van der Waals surface area contributed by atoms with E-state index in [0.717, 1.165) is 0 Å². The zero-order chi connectivity index (χ0) is 14.9. The number of urea groups is 1. The Bertz CT molecular complexity index is 519. The van der Waals surface area contributed by atoms with Crippen LogP contribution in [0.25, 0.3) is 0 Å². The average Bonchev–Trinajstić information content (AvgIpc) is 2.80. The molecule has 1 atom stereocenters. The summed E-state index contributed by atoms with van der Waals surface area (Å²) < 4.78 is 1.88. The van der Waals surface area contributed by atoms with Gasteiger partial charge in [0.05, 0.1) is 6.54 Å². The van der Waals surface area contributed by atoms with Crippen molar-refractivity contribution in [1.82, 2.24) is 25.0 Å². The fraction of sp³-hybridized carbons (Fsp3) is 0.667. The smallest absolute Gasteiger partial charge is 0.326 e. The van der Waals surface area contributed by atoms with Gasteiger partial charge >= 0.3 is 12.0 Å². The van der Waals surface area contributed by atoms with Crippen LogP contribution in [0.4, 0.5) is 4.79 Å². The maximum absolute atomic E-state index is 12.2. The van der Waals surface area contributed by atoms with Crippen LogP contribution < -0.4 is 5.32 Å². The molecular formula is C12H19N5O3. The van der Waals surface area contributed by atoms with E-state index >= 15 is 0 Å². The maximum Gasteiger partial charge on any atom is 0.326 e. The highest BCUT2D eigenvalue weighted by Gasteiger charge is 2.34. The van der Waals surface area contributed by atoms with Gasteiger partial charge < -0.3 is 19.9 Å². The second-order valence-electron chi connectivity index (χ2n) is 5.95. The van der Waals surface area contributed by atoms with Crippen LogP contribution in [0.2, 0.25) is 0 Å². The number of fused-ring (bicyclic) bond motifs is 1. The molecular weight excluding hydrogens is 262 g/mol. The minimum absolute atomic E-state index is 0.336. The van der Waals surface area contributed by atoms with Gasteiger partial charge in [0.25, 0.3) is 0 Å². The molecule has 8 nitrogen and oxygen atoms in total. The number of carboxylic acid groups (broad SMARTS) is 1. The van der Waals surface area contributed by atoms with Crippen molar-refractivity contribution in [2.45, 2.75) is 39.9 Å². The second kappa shape index (κ2) is 5.10. The lowest BCUT2D eigenvalue weighted by Crippen LogP contribution is -2.54. The molecule has 110 valence electrons. The van der Waals surface area contributed by atoms with Gasteiger partial charge in [0.15, 0.2) is 5.82 Å². The van der Waals surface area contributed by atoms with Crippen LogP contribution in [0.5, 0.6) is 0 Å². The van der Waals surface area contributed by atoms with Crippen molar-refractivity contribution in [1.29, 1.82) is 0 Å². The Balaban J connectivity index is 2.04. The average molecular weight is 281 g/mol. The predicted molar refractivity (Wildman–Crippen MR) is 69.8 cm³/mol. The van der Waals surface area contributed by atoms with Crippen molar-refractivity contribution in [3.8, 4) is 0 Å². The van der Waals surface area contributed by atoms with Gasteiger partial charge in [-0.3, -0.25) is 0 Å². The fourth-order valence-electron chi connectivity index (χ4n) is 2.10. The summed E-state index contributed by atoms with van der Waals surface area (Å²) in [5, 5.41) is 19.5. The Labute approximate surface area is 116 Å². The van der Waals surface area contributed by atoms with Crippen molar-refractivity contribution in [3.63, 3.8) is 0 Å². The number of carboxylic acids is 1. The van der Waals surface area contributed by atoms with Crippen LogP contribution in [0.1, 0.15) is 26.6 Å². The molecule has 1 aliphatic heterocycles. The summed E-state index contributed by atoms with van der Waals surface area (Å²) in [4.78, 5) is 25.0. The van der Waals surface area contributed by atoms with Crippen LogP contribution >= 0.6 is 0 Å². The predicted octanol–water partition coefficient (Wildman–Crippen LogP) is 0.303. The Morgan fingerprint density at radius 2 is 2.10 bits per heavy atom. The number of aromatic nitrogens is 3. The lowest BCUT2D eigenvalue weighted by Gasteiger charge is -2.32. The topological polar surface area (TPSA) is 100 Å². The third kappa shape index (κ3) is 2.89. The number of amides is 2. The first-order valence-electron chi connectivity index (χ1n) is 6.44. The summed E-state index contributed by atoms with van der Waals surface area (Å²) in [6, 6.07) is -1.32. The lowest BCUT2D eigenvalue weighted by atomic mass is 9.87. The van der Waals surface area contributed by atoms with Gasteiger partial charge in [-0.15, -0.1) is 10.2 Å². The first-order chi connectivity index (χ1) is 9.29. The van der Waals surface area contributed by atoms with E-state index in [4.69, 9.17) is 0 Å². The van der Waals surface area contributed by atoms with E-state index in [9.17, 15) is 14.7 Å². The molecule has 0 aliphatic carbocycles. The number of rotatable bonds is 2. The highest BCUT2D eigenvalue weighted by atomic mass is 16.4. The Morgan fingerprint density at radius 3 is 2.70 bits per heavy atom. The molecule has 0 fully saturated rings. The zero-order valence-corrected chi connectivity index (χ0v) is 11.8. The number of hydrogen-bond donors (Lipinski definition) is 2. The molecule has 1 aromatic heterocycles. The molecule has 0 saturated heterocycles. The summed E-state index contributed by atoms with van der Waals surface area (Å²) in [5.41, 5.74) is -0.558. The van der Waals surface area contributed by atoms with Gasteiger partial charge in [-0.1, -0.05) is 20.8 Å². The molecule has 0 spiro atoms. The van der Waals surface area contributed by atoms with Gasteiger partial charge in [-0.25, -0.2) is 9.59 Å². The van der Waals surface area contributed by atoms with Crippen LogP contribution in [0, 0.1) is 5.41 Å². The minimum atomic E-state index is -1.04. The molecule has 1 aromatic rings. The van der Waals surface area contributed by atoms with E-state index < -0.39 is 17.4 Å². The van der Waals surface area contributed by atoms with Crippen molar-refractivity contribution in [3.05, 3.63) is 12.2 Å². The fourth-order valence-corrected chi connectivity index (χ4v) is 2.10. The SMILES string of the molecule is CC(C)(C)C(NC(=O)N1CCn2cnnc2C1)C(=O)O. The molecule has 0 radical (unpaired) electrons. The quantitative estimate of drug-likeness (QED) is 0.812. The van der Waals surface area contributed by atoms with Gasteiger partial charge in [-0.2, -0.15) is 0 Å². The number of hydrogen-bond acceptors (Lipinski definition) is 4. The Kier molecular flexibility index (Phi) is 3.65. The van der Waals surface area contributed by atoms with Gasteiger partial charge in [-0.05, 0) is 5.41 Å². The number of nitrogens with one attached hydrogen (secondary N) is 1. The molecule has 0 aromatic carbocycles. The summed E-state index contributed by atoms with van der Waals surface area (Å²) in [5.74, 6) is -0.333. The van der Waals surface area contributed by atoms with Crippen LogP contribution in [-0.4, -0.2) is 49.4 Å². The molecule has 1 aliphatic rings. The number of aliphatic carboxylic acids is 1. The molecule has 1 unspecified atom stereocenters. The van der Waals surface area contributed by atoms with Crippen LogP contribution in [-0.2, 0) is 17.9 Å². The maximum atomic E-state index is 12.2. The third-order valence-corrected chi connectivity index (χ3v) is 3.31. The zero-order valence-electron chi connectivity index (χ0n) is 11.8. The largest absolute Gasteiger partial charge is 0.480 e. The molecule has 2 rings (SSSR count). The first-order valence-corrected chi connectivity index (χ1v) is 6.44. The summed E-state index contributed by atoms with van der Waals surface area (Å²) in [7, 11) is 0. The molecule has 0 saturated carbocycles. The minimum Gasteiger partial charge on any atom is -0.480 e. The van der Waals surface area contributed by atoms with E-state index in [-0.39, 0.29) is 6.03 Å². The highest BCUT2D eigenvalue weighted by molar-refractivity contribution is 5.83. The van der Waals surface area contributed by atoms with Gasteiger partial charge in [0.2, 0.25) is 0 Å². The Hall–Kier alpha value is -2.12. The van der Waals surface area contributed by atoms with Crippen molar-refractivity contribution < 1.29 is 14.7 Å². The monoisotopic (exact) mass is 281 g/mol. The van der Waals surface area contributed by atoms with Crippen molar-refractivity contribution >= 4 is 12.0 Å². The van der Waals surface area contributed by atoms with E-state index in [0.29, 0.717) is 25.5 Å². The van der Waals surface area contributed by atoms with Crippen molar-refractivity contribution in [2.24, 2.45) is 5.41 Å². The molecule has 2 heterocycles. The van der Waals surface area contributed by atoms with Gasteiger partial charge in [0.1, 0.15) is 12.4 Å². The number of carbonyl (C=O) groups excluding carboxylic acids is 1. The second-order valence-corrected chi connectivity index (χ2v) is 5.95. The van der Waals surface area contributed by atoms with Crippen molar-refractivity contribution in [2.75, 3.05) is 6.54 Å². The van der Waals surface area contributed by atoms with Gasteiger partial charge in [0, 0.05) is 13.1 Å². The van der Waals surface area contributed by atoms with E-state index in [1.165, 1.54) is 0 Å². The standard InChI is InChI=1S/C12H19N5O3/c1-12(2,3)9(10(18)19)14-11(20)16-4-5-17-7-13-15-8(17)6-16/h7,9H,4-6H2,1-3H3,(H,14,20)(H,18,19). The first kappa shape index (κ1) is 14.3. The molecule has 8 heteroatoms. The molecule has 2 amide bonds. The summed E-state index contributed by atoms with van der Waals surface area (Å²) in [6.45, 7) is 6.79. The van der Waals surface area contributed by atoms with Crippen LogP contribution in [0.15, 0.2) is 6.33 Å². The van der Waals surface area contributed by atoms with E-state index in [1.807, 2.05) is 4.57 Å². The number of carbonyl (C=O) groups is 2. The highest BCUT2D eigenvalue weighted by Crippen LogP contribution is 2.20. The Morgan fingerprint density at radius 1 is 1.40 bits per heavy atom. The van der Waals surface area contributed by atoms with E-state index in [1.54, 1.807) is 32.0 Å². The van der Waals surface area contributed by atoms with E-state index in [2.05, 4.69) is 15.5 Å². The summed E-state index contributed by atoms with van der Waals surface area (Å²) >= 11 is 0. The summed E-state index contributed by atoms with van der Waals surface area (Å²) in [6.07, 6.45) is 1.62. The third-order valence-electron chi connectivity index (χ3n) is 3.31. The number of nitrogens with zero attached hydrogens (tertiary/aromatic N) is 4. The lowest BCUT2D eigenvalue weighted by molar-refractivity contribution is -0.142. The molecule has 20 heavy (non-hydrogen) atoms. The normalized spacial score (nSPS) is 16.4. The molecule has 0 bridgehead atoms. The molecule has 2 N–H and O–H groups in total. The van der Waals surface area contributed by atoms with Crippen LogP contribution in [0.3, 0.4) is 0 Å².